The molecule has 18 heavy (non-hydrogen) atoms. The number of thioether (sulfide) groups is 1. The smallest absolute Gasteiger partial charge is 0.0423 e. The van der Waals surface area contributed by atoms with Gasteiger partial charge in [0.1, 0.15) is 0 Å². The van der Waals surface area contributed by atoms with Crippen LogP contribution in [0.15, 0.2) is 22.7 Å². The molecule has 0 aromatic heterocycles. The predicted molar refractivity (Wildman–Crippen MR) is 85.7 cm³/mol. The van der Waals surface area contributed by atoms with Crippen LogP contribution in [0.25, 0.3) is 0 Å². The minimum Gasteiger partial charge on any atom is -0.369 e. The Hall–Kier alpha value is -0.190. The number of nitrogens with one attached hydrogen (secondary N) is 1. The maximum absolute atomic E-state index is 3.59. The molecule has 1 aromatic carbocycles. The van der Waals surface area contributed by atoms with E-state index in [4.69, 9.17) is 0 Å². The Labute approximate surface area is 123 Å². The zero-order valence-electron chi connectivity index (χ0n) is 11.1. The number of hydrogen-bond donors (Lipinski definition) is 1. The fraction of sp³-hybridized carbons (Fsp3) is 0.571. The van der Waals surface area contributed by atoms with Crippen molar-refractivity contribution >= 4 is 33.4 Å². The van der Waals surface area contributed by atoms with E-state index in [-0.39, 0.29) is 0 Å². The number of benzene rings is 1. The average Bonchev–Trinajstić information content (AvgIpc) is 2.37. The van der Waals surface area contributed by atoms with Crippen LogP contribution in [0.1, 0.15) is 19.4 Å². The zero-order valence-corrected chi connectivity index (χ0v) is 13.5. The topological polar surface area (TPSA) is 15.3 Å². The first kappa shape index (κ1) is 14.2. The maximum Gasteiger partial charge on any atom is 0.0423 e. The van der Waals surface area contributed by atoms with E-state index >= 15 is 0 Å². The van der Waals surface area contributed by atoms with Gasteiger partial charge in [0.15, 0.2) is 0 Å². The van der Waals surface area contributed by atoms with Crippen LogP contribution in [0, 0.1) is 0 Å². The summed E-state index contributed by atoms with van der Waals surface area (Å²) in [7, 11) is 0. The van der Waals surface area contributed by atoms with Gasteiger partial charge >= 0.3 is 0 Å². The van der Waals surface area contributed by atoms with Crippen molar-refractivity contribution in [2.45, 2.75) is 25.6 Å². The lowest BCUT2D eigenvalue weighted by molar-refractivity contribution is 0.715. The molecule has 0 spiro atoms. The van der Waals surface area contributed by atoms with E-state index in [1.165, 1.54) is 21.5 Å². The van der Waals surface area contributed by atoms with Gasteiger partial charge in [0.25, 0.3) is 0 Å². The van der Waals surface area contributed by atoms with Gasteiger partial charge in [-0.3, -0.25) is 0 Å². The minimum atomic E-state index is 0.727. The highest BCUT2D eigenvalue weighted by atomic mass is 79.9. The highest BCUT2D eigenvalue weighted by molar-refractivity contribution is 9.10. The number of halogens is 1. The summed E-state index contributed by atoms with van der Waals surface area (Å²) in [6, 6.07) is 6.63. The summed E-state index contributed by atoms with van der Waals surface area (Å²) in [5.41, 5.74) is 2.79. The maximum atomic E-state index is 3.59. The molecular formula is C14H21BrN2S. The van der Waals surface area contributed by atoms with Crippen LogP contribution in [0.3, 0.4) is 0 Å². The molecule has 4 heteroatoms. The first-order valence-corrected chi connectivity index (χ1v) is 8.40. The van der Waals surface area contributed by atoms with E-state index in [1.54, 1.807) is 0 Å². The third kappa shape index (κ3) is 3.65. The van der Waals surface area contributed by atoms with Crippen LogP contribution in [0.5, 0.6) is 0 Å². The van der Waals surface area contributed by atoms with Crippen molar-refractivity contribution in [3.05, 3.63) is 28.2 Å². The fourth-order valence-corrected chi connectivity index (χ4v) is 3.64. The molecule has 1 unspecified atom stereocenters. The van der Waals surface area contributed by atoms with E-state index < -0.39 is 0 Å². The van der Waals surface area contributed by atoms with Crippen molar-refractivity contribution in [3.63, 3.8) is 0 Å². The summed E-state index contributed by atoms with van der Waals surface area (Å²) in [5.74, 6) is 1.23. The predicted octanol–water partition coefficient (Wildman–Crippen LogP) is 3.50. The Balaban J connectivity index is 2.20. The lowest BCUT2D eigenvalue weighted by Gasteiger charge is -2.34. The molecule has 1 aromatic rings. The second kappa shape index (κ2) is 6.83. The molecule has 1 heterocycles. The molecule has 1 aliphatic rings. The Morgan fingerprint density at radius 2 is 2.33 bits per heavy atom. The van der Waals surface area contributed by atoms with Crippen LogP contribution in [0.4, 0.5) is 5.69 Å². The summed E-state index contributed by atoms with van der Waals surface area (Å²) in [4.78, 5) is 2.53. The monoisotopic (exact) mass is 328 g/mol. The molecule has 0 bridgehead atoms. The van der Waals surface area contributed by atoms with E-state index in [0.717, 1.165) is 31.4 Å². The van der Waals surface area contributed by atoms with Crippen LogP contribution >= 0.6 is 27.7 Å². The highest BCUT2D eigenvalue weighted by Gasteiger charge is 2.19. The second-order valence-electron chi connectivity index (χ2n) is 4.68. The SMILES string of the molecule is CCNCc1ccc(Br)cc1N1CCSC(C)C1. The molecule has 1 aliphatic heterocycles. The molecule has 1 N–H and O–H groups in total. The molecule has 2 rings (SSSR count). The van der Waals surface area contributed by atoms with Gasteiger partial charge in [-0.15, -0.1) is 0 Å². The molecule has 100 valence electrons. The van der Waals surface area contributed by atoms with Gasteiger partial charge < -0.3 is 10.2 Å². The van der Waals surface area contributed by atoms with Gasteiger partial charge in [-0.05, 0) is 24.2 Å². The molecule has 1 saturated heterocycles. The highest BCUT2D eigenvalue weighted by Crippen LogP contribution is 2.29. The van der Waals surface area contributed by atoms with Gasteiger partial charge in [-0.1, -0.05) is 35.8 Å². The molecule has 2 nitrogen and oxygen atoms in total. The number of nitrogens with zero attached hydrogens (tertiary/aromatic N) is 1. The molecule has 1 atom stereocenters. The van der Waals surface area contributed by atoms with Crippen LogP contribution in [-0.2, 0) is 6.54 Å². The van der Waals surface area contributed by atoms with Crippen molar-refractivity contribution in [2.75, 3.05) is 30.3 Å². The van der Waals surface area contributed by atoms with E-state index in [0.29, 0.717) is 0 Å². The van der Waals surface area contributed by atoms with Crippen LogP contribution in [-0.4, -0.2) is 30.6 Å². The molecule has 0 amide bonds. The fourth-order valence-electron chi connectivity index (χ4n) is 2.28. The third-order valence-electron chi connectivity index (χ3n) is 3.19. The summed E-state index contributed by atoms with van der Waals surface area (Å²) in [5, 5.41) is 4.15. The normalized spacial score (nSPS) is 20.2. The van der Waals surface area contributed by atoms with Gasteiger partial charge in [0, 0.05) is 40.8 Å². The molecule has 0 radical (unpaired) electrons. The third-order valence-corrected chi connectivity index (χ3v) is 4.82. The average molecular weight is 329 g/mol. The van der Waals surface area contributed by atoms with E-state index in [2.05, 4.69) is 70.0 Å². The molecule has 1 fully saturated rings. The van der Waals surface area contributed by atoms with Crippen molar-refractivity contribution < 1.29 is 0 Å². The summed E-state index contributed by atoms with van der Waals surface area (Å²) < 4.78 is 1.17. The number of rotatable bonds is 4. The van der Waals surface area contributed by atoms with Crippen LogP contribution in [0.2, 0.25) is 0 Å². The Morgan fingerprint density at radius 1 is 1.50 bits per heavy atom. The first-order chi connectivity index (χ1) is 8.70. The standard InChI is InChI=1S/C14H21BrN2S/c1-3-16-9-12-4-5-13(15)8-14(12)17-6-7-18-11(2)10-17/h4-5,8,11,16H,3,6-7,9-10H2,1-2H3. The van der Waals surface area contributed by atoms with Crippen molar-refractivity contribution in [3.8, 4) is 0 Å². The molecule has 0 saturated carbocycles. The summed E-state index contributed by atoms with van der Waals surface area (Å²) in [6.45, 7) is 8.75. The lowest BCUT2D eigenvalue weighted by atomic mass is 10.1. The van der Waals surface area contributed by atoms with Gasteiger partial charge in [-0.25, -0.2) is 0 Å². The van der Waals surface area contributed by atoms with Crippen molar-refractivity contribution in [1.29, 1.82) is 0 Å². The zero-order chi connectivity index (χ0) is 13.0. The summed E-state index contributed by atoms with van der Waals surface area (Å²) >= 11 is 5.67. The largest absolute Gasteiger partial charge is 0.369 e. The Bertz CT molecular complexity index is 397. The Morgan fingerprint density at radius 3 is 3.06 bits per heavy atom. The van der Waals surface area contributed by atoms with E-state index in [9.17, 15) is 0 Å². The summed E-state index contributed by atoms with van der Waals surface area (Å²) in [6.07, 6.45) is 0. The molecular weight excluding hydrogens is 308 g/mol. The van der Waals surface area contributed by atoms with Gasteiger partial charge in [-0.2, -0.15) is 11.8 Å². The number of hydrogen-bond acceptors (Lipinski definition) is 3. The second-order valence-corrected chi connectivity index (χ2v) is 7.14. The van der Waals surface area contributed by atoms with Gasteiger partial charge in [0.05, 0.1) is 0 Å². The lowest BCUT2D eigenvalue weighted by Crippen LogP contribution is -2.37. The quantitative estimate of drug-likeness (QED) is 0.910. The number of anilines is 1. The first-order valence-electron chi connectivity index (χ1n) is 6.56. The van der Waals surface area contributed by atoms with Gasteiger partial charge in [0.2, 0.25) is 0 Å². The van der Waals surface area contributed by atoms with Crippen LogP contribution < -0.4 is 10.2 Å². The van der Waals surface area contributed by atoms with E-state index in [1.807, 2.05) is 0 Å². The molecule has 0 aliphatic carbocycles. The van der Waals surface area contributed by atoms with Crippen molar-refractivity contribution in [1.82, 2.24) is 5.32 Å². The Kier molecular flexibility index (Phi) is 5.39. The minimum absolute atomic E-state index is 0.727. The van der Waals surface area contributed by atoms with Crippen molar-refractivity contribution in [2.24, 2.45) is 0 Å².